The van der Waals surface area contributed by atoms with Gasteiger partial charge in [-0.2, -0.15) is 0 Å². The highest BCUT2D eigenvalue weighted by molar-refractivity contribution is 5.99. The molecule has 0 aliphatic rings. The summed E-state index contributed by atoms with van der Waals surface area (Å²) in [5.41, 5.74) is 2.63. The van der Waals surface area contributed by atoms with Gasteiger partial charge in [-0.25, -0.2) is 0 Å². The lowest BCUT2D eigenvalue weighted by atomic mass is 9.99. The van der Waals surface area contributed by atoms with Crippen LogP contribution >= 0.6 is 0 Å². The predicted molar refractivity (Wildman–Crippen MR) is 89.7 cm³/mol. The molecule has 0 radical (unpaired) electrons. The number of amides is 1. The van der Waals surface area contributed by atoms with Gasteiger partial charge in [0.2, 0.25) is 5.91 Å². The summed E-state index contributed by atoms with van der Waals surface area (Å²) in [6, 6.07) is 17.5. The zero-order valence-electron chi connectivity index (χ0n) is 12.4. The lowest BCUT2D eigenvalue weighted by molar-refractivity contribution is -0.111. The normalized spacial score (nSPS) is 11.5. The first-order valence-corrected chi connectivity index (χ1v) is 7.06. The van der Waals surface area contributed by atoms with Gasteiger partial charge in [0.15, 0.2) is 0 Å². The lowest BCUT2D eigenvalue weighted by Crippen LogP contribution is -2.13. The summed E-state index contributed by atoms with van der Waals surface area (Å²) < 4.78 is 5.92. The van der Waals surface area contributed by atoms with E-state index in [0.29, 0.717) is 12.3 Å². The van der Waals surface area contributed by atoms with Crippen molar-refractivity contribution in [1.29, 1.82) is 0 Å². The highest BCUT2D eigenvalue weighted by Gasteiger charge is 2.18. The first-order valence-electron chi connectivity index (χ1n) is 7.06. The van der Waals surface area contributed by atoms with Gasteiger partial charge < -0.3 is 10.1 Å². The Morgan fingerprint density at radius 3 is 2.45 bits per heavy atom. The smallest absolute Gasteiger partial charge is 0.247 e. The van der Waals surface area contributed by atoms with Crippen LogP contribution in [0.3, 0.4) is 0 Å². The second kappa shape index (κ2) is 7.96. The van der Waals surface area contributed by atoms with E-state index in [1.54, 1.807) is 6.08 Å². The van der Waals surface area contributed by atoms with Gasteiger partial charge in [-0.3, -0.25) is 4.79 Å². The Morgan fingerprint density at radius 2 is 1.77 bits per heavy atom. The molecule has 1 amide bonds. The second-order valence-corrected chi connectivity index (χ2v) is 4.69. The van der Waals surface area contributed by atoms with Crippen molar-refractivity contribution in [1.82, 2.24) is 0 Å². The minimum absolute atomic E-state index is 0.247. The number of hydrogen-bond donors (Lipinski definition) is 1. The van der Waals surface area contributed by atoms with E-state index in [4.69, 9.17) is 4.74 Å². The van der Waals surface area contributed by atoms with Crippen LogP contribution in [-0.4, -0.2) is 12.5 Å². The molecule has 0 bridgehead atoms. The first kappa shape index (κ1) is 15.7. The minimum atomic E-state index is -0.277. The van der Waals surface area contributed by atoms with Crippen molar-refractivity contribution < 1.29 is 9.53 Å². The van der Waals surface area contributed by atoms with E-state index in [1.165, 1.54) is 6.08 Å². The van der Waals surface area contributed by atoms with Gasteiger partial charge in [-0.05, 0) is 17.7 Å². The van der Waals surface area contributed by atoms with E-state index in [1.807, 2.05) is 54.6 Å². The van der Waals surface area contributed by atoms with E-state index < -0.39 is 0 Å². The highest BCUT2D eigenvalue weighted by Crippen LogP contribution is 2.31. The number of rotatable bonds is 7. The molecule has 2 aromatic carbocycles. The second-order valence-electron chi connectivity index (χ2n) is 4.69. The summed E-state index contributed by atoms with van der Waals surface area (Å²) >= 11 is 0. The van der Waals surface area contributed by atoms with Crippen LogP contribution in [-0.2, 0) is 9.53 Å². The molecule has 112 valence electrons. The lowest BCUT2D eigenvalue weighted by Gasteiger charge is -2.21. The summed E-state index contributed by atoms with van der Waals surface area (Å²) in [5.74, 6) is -0.247. The summed E-state index contributed by atoms with van der Waals surface area (Å²) in [6.45, 7) is 7.60. The van der Waals surface area contributed by atoms with Gasteiger partial charge in [0.25, 0.3) is 0 Å². The topological polar surface area (TPSA) is 38.3 Å². The van der Waals surface area contributed by atoms with Crippen molar-refractivity contribution in [3.63, 3.8) is 0 Å². The van der Waals surface area contributed by atoms with Gasteiger partial charge in [0, 0.05) is 11.3 Å². The summed E-state index contributed by atoms with van der Waals surface area (Å²) in [6.07, 6.45) is 2.68. The fourth-order valence-electron chi connectivity index (χ4n) is 2.18. The predicted octanol–water partition coefficient (Wildman–Crippen LogP) is 4.10. The van der Waals surface area contributed by atoms with Crippen molar-refractivity contribution in [2.45, 2.75) is 6.10 Å². The SMILES string of the molecule is C=CCOC(c1ccccc1)c1ccccc1NC(=O)C=C. The Labute approximate surface area is 130 Å². The van der Waals surface area contributed by atoms with Gasteiger partial charge in [-0.15, -0.1) is 6.58 Å². The molecule has 2 aromatic rings. The number of carbonyl (C=O) groups excluding carboxylic acids is 1. The minimum Gasteiger partial charge on any atom is -0.365 e. The van der Waals surface area contributed by atoms with E-state index in [2.05, 4.69) is 18.5 Å². The zero-order valence-corrected chi connectivity index (χ0v) is 12.4. The van der Waals surface area contributed by atoms with Gasteiger partial charge in [-0.1, -0.05) is 61.2 Å². The number of ether oxygens (including phenoxy) is 1. The maximum atomic E-state index is 11.6. The molecule has 1 unspecified atom stereocenters. The van der Waals surface area contributed by atoms with E-state index in [-0.39, 0.29) is 12.0 Å². The third kappa shape index (κ3) is 3.93. The van der Waals surface area contributed by atoms with E-state index in [0.717, 1.165) is 11.1 Å². The van der Waals surface area contributed by atoms with Crippen molar-refractivity contribution in [3.05, 3.63) is 91.0 Å². The Balaban J connectivity index is 2.41. The fourth-order valence-corrected chi connectivity index (χ4v) is 2.18. The number of benzene rings is 2. The van der Waals surface area contributed by atoms with E-state index in [9.17, 15) is 4.79 Å². The summed E-state index contributed by atoms with van der Waals surface area (Å²) in [5, 5.41) is 2.82. The molecule has 0 fully saturated rings. The Kier molecular flexibility index (Phi) is 5.69. The van der Waals surface area contributed by atoms with Crippen LogP contribution in [0.5, 0.6) is 0 Å². The molecule has 0 aliphatic heterocycles. The molecule has 1 atom stereocenters. The molecule has 0 aliphatic carbocycles. The van der Waals surface area contributed by atoms with Crippen LogP contribution in [0.1, 0.15) is 17.2 Å². The number of hydrogen-bond acceptors (Lipinski definition) is 2. The molecule has 2 rings (SSSR count). The van der Waals surface area contributed by atoms with Crippen LogP contribution in [0.4, 0.5) is 5.69 Å². The molecule has 1 N–H and O–H groups in total. The summed E-state index contributed by atoms with van der Waals surface area (Å²) in [7, 11) is 0. The van der Waals surface area contributed by atoms with Crippen LogP contribution in [0.2, 0.25) is 0 Å². The standard InChI is InChI=1S/C19H19NO2/c1-3-14-22-19(15-10-6-5-7-11-15)16-12-8-9-13-17(16)20-18(21)4-2/h3-13,19H,1-2,14H2,(H,20,21). The molecule has 0 saturated carbocycles. The van der Waals surface area contributed by atoms with Crippen molar-refractivity contribution in [2.24, 2.45) is 0 Å². The zero-order chi connectivity index (χ0) is 15.8. The average Bonchev–Trinajstić information content (AvgIpc) is 2.57. The third-order valence-corrected chi connectivity index (χ3v) is 3.17. The molecule has 0 heterocycles. The molecule has 0 aromatic heterocycles. The Morgan fingerprint density at radius 1 is 1.09 bits per heavy atom. The van der Waals surface area contributed by atoms with E-state index >= 15 is 0 Å². The molecule has 22 heavy (non-hydrogen) atoms. The molecular formula is C19H19NO2. The average molecular weight is 293 g/mol. The van der Waals surface area contributed by atoms with Crippen LogP contribution < -0.4 is 5.32 Å². The molecule has 3 heteroatoms. The van der Waals surface area contributed by atoms with Crippen molar-refractivity contribution in [3.8, 4) is 0 Å². The quantitative estimate of drug-likeness (QED) is 0.616. The van der Waals surface area contributed by atoms with Crippen molar-refractivity contribution in [2.75, 3.05) is 11.9 Å². The van der Waals surface area contributed by atoms with Crippen LogP contribution in [0.25, 0.3) is 0 Å². The Bertz CT molecular complexity index is 649. The Hall–Kier alpha value is -2.65. The highest BCUT2D eigenvalue weighted by atomic mass is 16.5. The molecule has 0 saturated heterocycles. The molecular weight excluding hydrogens is 274 g/mol. The largest absolute Gasteiger partial charge is 0.365 e. The number of para-hydroxylation sites is 1. The maximum Gasteiger partial charge on any atom is 0.247 e. The molecule has 3 nitrogen and oxygen atoms in total. The molecule has 0 spiro atoms. The van der Waals surface area contributed by atoms with Gasteiger partial charge >= 0.3 is 0 Å². The first-order chi connectivity index (χ1) is 10.8. The fraction of sp³-hybridized carbons (Fsp3) is 0.105. The summed E-state index contributed by atoms with van der Waals surface area (Å²) in [4.78, 5) is 11.6. The number of nitrogens with one attached hydrogen (secondary N) is 1. The van der Waals surface area contributed by atoms with Crippen molar-refractivity contribution >= 4 is 11.6 Å². The third-order valence-electron chi connectivity index (χ3n) is 3.17. The van der Waals surface area contributed by atoms with Gasteiger partial charge in [0.1, 0.15) is 6.10 Å². The monoisotopic (exact) mass is 293 g/mol. The number of carbonyl (C=O) groups is 1. The van der Waals surface area contributed by atoms with Gasteiger partial charge in [0.05, 0.1) is 6.61 Å². The maximum absolute atomic E-state index is 11.6. The number of anilines is 1. The van der Waals surface area contributed by atoms with Crippen LogP contribution in [0, 0.1) is 0 Å². The van der Waals surface area contributed by atoms with Crippen LogP contribution in [0.15, 0.2) is 79.9 Å².